The smallest absolute Gasteiger partial charge is 0.243 e. The molecule has 3 rings (SSSR count). The number of methoxy groups -OCH3 is 1. The highest BCUT2D eigenvalue weighted by Crippen LogP contribution is 2.20. The highest BCUT2D eigenvalue weighted by atomic mass is 16.5. The molecule has 1 N–H and O–H groups in total. The maximum Gasteiger partial charge on any atom is 0.243 e. The lowest BCUT2D eigenvalue weighted by Gasteiger charge is -2.31. The molecule has 2 aromatic carbocycles. The van der Waals surface area contributed by atoms with Crippen LogP contribution < -0.4 is 10.1 Å². The zero-order valence-corrected chi connectivity index (χ0v) is 18.9. The van der Waals surface area contributed by atoms with Crippen molar-refractivity contribution < 1.29 is 14.3 Å². The molecular formula is C26H34N2O3. The fourth-order valence-corrected chi connectivity index (χ4v) is 4.20. The van der Waals surface area contributed by atoms with Gasteiger partial charge in [-0.1, -0.05) is 61.7 Å². The molecule has 0 spiro atoms. The summed E-state index contributed by atoms with van der Waals surface area (Å²) in [5.41, 5.74) is 3.10. The molecule has 0 aliphatic heterocycles. The second-order valence-corrected chi connectivity index (χ2v) is 8.45. The molecule has 1 fully saturated rings. The highest BCUT2D eigenvalue weighted by Gasteiger charge is 2.30. The Morgan fingerprint density at radius 3 is 2.23 bits per heavy atom. The van der Waals surface area contributed by atoms with Crippen LogP contribution in [0, 0.1) is 6.92 Å². The first-order valence-electron chi connectivity index (χ1n) is 11.3. The predicted octanol–water partition coefficient (Wildman–Crippen LogP) is 4.41. The maximum atomic E-state index is 13.4. The minimum absolute atomic E-state index is 0.0342. The number of hydrogen-bond acceptors (Lipinski definition) is 3. The van der Waals surface area contributed by atoms with Crippen LogP contribution in [0.5, 0.6) is 5.75 Å². The number of nitrogens with one attached hydrogen (secondary N) is 1. The zero-order valence-electron chi connectivity index (χ0n) is 18.9. The van der Waals surface area contributed by atoms with Gasteiger partial charge in [-0.3, -0.25) is 9.59 Å². The zero-order chi connectivity index (χ0) is 22.2. The Labute approximate surface area is 185 Å². The van der Waals surface area contributed by atoms with Crippen molar-refractivity contribution in [3.63, 3.8) is 0 Å². The monoisotopic (exact) mass is 422 g/mol. The average Bonchev–Trinajstić information content (AvgIpc) is 3.28. The molecule has 1 aliphatic rings. The molecule has 0 aromatic heterocycles. The minimum atomic E-state index is -0.486. The first-order valence-corrected chi connectivity index (χ1v) is 11.3. The number of amides is 2. The van der Waals surface area contributed by atoms with Gasteiger partial charge >= 0.3 is 0 Å². The number of carbonyl (C=O) groups is 2. The molecule has 0 bridgehead atoms. The quantitative estimate of drug-likeness (QED) is 0.651. The van der Waals surface area contributed by atoms with Crippen molar-refractivity contribution in [3.8, 4) is 5.75 Å². The van der Waals surface area contributed by atoms with Crippen molar-refractivity contribution in [1.29, 1.82) is 0 Å². The van der Waals surface area contributed by atoms with Crippen molar-refractivity contribution in [2.75, 3.05) is 7.11 Å². The summed E-state index contributed by atoms with van der Waals surface area (Å²) in [7, 11) is 1.63. The summed E-state index contributed by atoms with van der Waals surface area (Å²) in [4.78, 5) is 28.3. The van der Waals surface area contributed by atoms with E-state index >= 15 is 0 Å². The molecule has 0 heterocycles. The van der Waals surface area contributed by atoms with Gasteiger partial charge in [-0.05, 0) is 49.4 Å². The molecule has 5 heteroatoms. The van der Waals surface area contributed by atoms with Gasteiger partial charge in [-0.15, -0.1) is 0 Å². The predicted molar refractivity (Wildman–Crippen MR) is 123 cm³/mol. The van der Waals surface area contributed by atoms with E-state index in [1.54, 1.807) is 12.0 Å². The third-order valence-corrected chi connectivity index (χ3v) is 6.08. The van der Waals surface area contributed by atoms with Gasteiger partial charge in [0.15, 0.2) is 0 Å². The van der Waals surface area contributed by atoms with Crippen LogP contribution in [0.1, 0.15) is 55.7 Å². The van der Waals surface area contributed by atoms with E-state index in [0.717, 1.165) is 48.1 Å². The first kappa shape index (κ1) is 22.9. The largest absolute Gasteiger partial charge is 0.497 e. The van der Waals surface area contributed by atoms with Gasteiger partial charge in [0.2, 0.25) is 11.8 Å². The topological polar surface area (TPSA) is 58.6 Å². The van der Waals surface area contributed by atoms with Gasteiger partial charge in [0.25, 0.3) is 0 Å². The van der Waals surface area contributed by atoms with Crippen LogP contribution in [-0.4, -0.2) is 35.9 Å². The number of ether oxygens (including phenoxy) is 1. The van der Waals surface area contributed by atoms with E-state index in [4.69, 9.17) is 4.74 Å². The molecule has 2 amide bonds. The second-order valence-electron chi connectivity index (χ2n) is 8.45. The number of carbonyl (C=O) groups excluding carboxylic acids is 2. The summed E-state index contributed by atoms with van der Waals surface area (Å²) >= 11 is 0. The molecule has 5 nitrogen and oxygen atoms in total. The third-order valence-electron chi connectivity index (χ3n) is 6.08. The standard InChI is InChI=1S/C26H34N2O3/c1-4-24(26(30)27-22-7-5-6-8-22)28(18-21-13-15-23(31-3)16-14-21)25(29)17-20-11-9-19(2)10-12-20/h9-16,22,24H,4-8,17-18H2,1-3H3,(H,27,30)/t24-/m0/s1. The van der Waals surface area contributed by atoms with E-state index in [1.165, 1.54) is 0 Å². The van der Waals surface area contributed by atoms with Crippen molar-refractivity contribution in [1.82, 2.24) is 10.2 Å². The summed E-state index contributed by atoms with van der Waals surface area (Å²) in [6.07, 6.45) is 5.22. The number of benzene rings is 2. The Morgan fingerprint density at radius 2 is 1.65 bits per heavy atom. The summed E-state index contributed by atoms with van der Waals surface area (Å²) in [6, 6.07) is 15.4. The average molecular weight is 423 g/mol. The van der Waals surface area contributed by atoms with Crippen LogP contribution in [-0.2, 0) is 22.6 Å². The lowest BCUT2D eigenvalue weighted by atomic mass is 10.1. The SMILES string of the molecule is CC[C@@H](C(=O)NC1CCCC1)N(Cc1ccc(OC)cc1)C(=O)Cc1ccc(C)cc1. The summed E-state index contributed by atoms with van der Waals surface area (Å²) in [5.74, 6) is 0.695. The Morgan fingerprint density at radius 1 is 1.03 bits per heavy atom. The van der Waals surface area contributed by atoms with Gasteiger partial charge in [0, 0.05) is 12.6 Å². The lowest BCUT2D eigenvalue weighted by Crippen LogP contribution is -2.51. The minimum Gasteiger partial charge on any atom is -0.497 e. The molecule has 1 saturated carbocycles. The first-order chi connectivity index (χ1) is 15.0. The van der Waals surface area contributed by atoms with E-state index in [2.05, 4.69) is 5.32 Å². The summed E-state index contributed by atoms with van der Waals surface area (Å²) in [6.45, 7) is 4.40. The van der Waals surface area contributed by atoms with Crippen molar-refractivity contribution in [2.24, 2.45) is 0 Å². The number of nitrogens with zero attached hydrogens (tertiary/aromatic N) is 1. The number of hydrogen-bond donors (Lipinski definition) is 1. The summed E-state index contributed by atoms with van der Waals surface area (Å²) < 4.78 is 5.25. The van der Waals surface area contributed by atoms with Gasteiger partial charge in [-0.25, -0.2) is 0 Å². The van der Waals surface area contributed by atoms with Crippen LogP contribution in [0.4, 0.5) is 0 Å². The lowest BCUT2D eigenvalue weighted by molar-refractivity contribution is -0.141. The molecule has 1 aliphatic carbocycles. The van der Waals surface area contributed by atoms with Gasteiger partial charge < -0.3 is 15.0 Å². The maximum absolute atomic E-state index is 13.4. The Balaban J connectivity index is 1.80. The van der Waals surface area contributed by atoms with Crippen molar-refractivity contribution >= 4 is 11.8 Å². The molecule has 2 aromatic rings. The van der Waals surface area contributed by atoms with E-state index in [1.807, 2.05) is 62.4 Å². The van der Waals surface area contributed by atoms with Crippen LogP contribution in [0.2, 0.25) is 0 Å². The fraction of sp³-hybridized carbons (Fsp3) is 0.462. The number of rotatable bonds is 9. The fourth-order valence-electron chi connectivity index (χ4n) is 4.20. The molecular weight excluding hydrogens is 388 g/mol. The third kappa shape index (κ3) is 6.33. The van der Waals surface area contributed by atoms with Crippen LogP contribution in [0.3, 0.4) is 0 Å². The van der Waals surface area contributed by atoms with E-state index < -0.39 is 6.04 Å². The Hall–Kier alpha value is -2.82. The number of aryl methyl sites for hydroxylation is 1. The van der Waals surface area contributed by atoms with E-state index in [-0.39, 0.29) is 24.3 Å². The second kappa shape index (κ2) is 11.0. The van der Waals surface area contributed by atoms with E-state index in [9.17, 15) is 9.59 Å². The molecule has 0 saturated heterocycles. The van der Waals surface area contributed by atoms with Crippen molar-refractivity contribution in [2.45, 2.75) is 71.0 Å². The van der Waals surface area contributed by atoms with Gasteiger partial charge in [0.05, 0.1) is 13.5 Å². The van der Waals surface area contributed by atoms with Gasteiger partial charge in [0.1, 0.15) is 11.8 Å². The summed E-state index contributed by atoms with van der Waals surface area (Å²) in [5, 5.41) is 3.19. The molecule has 166 valence electrons. The van der Waals surface area contributed by atoms with Crippen molar-refractivity contribution in [3.05, 3.63) is 65.2 Å². The normalized spacial score (nSPS) is 14.8. The molecule has 1 atom stereocenters. The van der Waals surface area contributed by atoms with Crippen LogP contribution in [0.25, 0.3) is 0 Å². The molecule has 0 radical (unpaired) electrons. The molecule has 31 heavy (non-hydrogen) atoms. The van der Waals surface area contributed by atoms with Crippen LogP contribution in [0.15, 0.2) is 48.5 Å². The van der Waals surface area contributed by atoms with E-state index in [0.29, 0.717) is 13.0 Å². The highest BCUT2D eigenvalue weighted by molar-refractivity contribution is 5.88. The molecule has 0 unspecified atom stereocenters. The van der Waals surface area contributed by atoms with Gasteiger partial charge in [-0.2, -0.15) is 0 Å². The van der Waals surface area contributed by atoms with Crippen LogP contribution >= 0.6 is 0 Å². The Bertz CT molecular complexity index is 855. The Kier molecular flexibility index (Phi) is 8.10.